The Kier molecular flexibility index (Phi) is 11.9. The van der Waals surface area contributed by atoms with Crippen molar-refractivity contribution in [2.45, 2.75) is 45.1 Å². The monoisotopic (exact) mass is 670 g/mol. The van der Waals surface area contributed by atoms with E-state index in [0.29, 0.717) is 40.1 Å². The first kappa shape index (κ1) is 34.7. The van der Waals surface area contributed by atoms with Crippen LogP contribution < -0.4 is 10.2 Å². The molecule has 5 rings (SSSR count). The summed E-state index contributed by atoms with van der Waals surface area (Å²) in [5.41, 5.74) is 3.13. The smallest absolute Gasteiger partial charge is 0.338 e. The molecule has 0 spiro atoms. The van der Waals surface area contributed by atoms with E-state index in [1.807, 2.05) is 4.90 Å². The summed E-state index contributed by atoms with van der Waals surface area (Å²) in [7, 11) is 1.31. The van der Waals surface area contributed by atoms with Gasteiger partial charge >= 0.3 is 11.9 Å². The number of methoxy groups -OCH3 is 1. The minimum atomic E-state index is -0.798. The van der Waals surface area contributed by atoms with Crippen LogP contribution in [0.2, 0.25) is 0 Å². The number of carbonyl (C=O) groups is 4. The Morgan fingerprint density at radius 1 is 0.875 bits per heavy atom. The number of carbonyl (C=O) groups excluding carboxylic acids is 4. The van der Waals surface area contributed by atoms with E-state index in [1.54, 1.807) is 55.5 Å². The molecule has 2 aliphatic rings. The van der Waals surface area contributed by atoms with Gasteiger partial charge < -0.3 is 24.6 Å². The number of benzene rings is 3. The highest BCUT2D eigenvalue weighted by Gasteiger charge is 2.44. The van der Waals surface area contributed by atoms with Crippen LogP contribution in [0.15, 0.2) is 78.9 Å². The predicted molar refractivity (Wildman–Crippen MR) is 188 cm³/mol. The number of esters is 2. The van der Waals surface area contributed by atoms with Gasteiger partial charge in [0.15, 0.2) is 5.11 Å². The van der Waals surface area contributed by atoms with Crippen molar-refractivity contribution in [3.05, 3.63) is 95.6 Å². The van der Waals surface area contributed by atoms with Crippen LogP contribution in [0.1, 0.15) is 58.9 Å². The molecule has 2 saturated heterocycles. The van der Waals surface area contributed by atoms with Crippen LogP contribution in [0.4, 0.5) is 11.4 Å². The number of piperidine rings is 1. The molecule has 3 aromatic carbocycles. The molecular weight excluding hydrogens is 628 g/mol. The first-order chi connectivity index (χ1) is 23.3. The van der Waals surface area contributed by atoms with Crippen molar-refractivity contribution < 1.29 is 28.7 Å². The third-order valence-corrected chi connectivity index (χ3v) is 9.29. The molecule has 2 amide bonds. The van der Waals surface area contributed by atoms with Crippen LogP contribution in [-0.4, -0.2) is 84.6 Å². The Balaban J connectivity index is 1.23. The Morgan fingerprint density at radius 3 is 2.17 bits per heavy atom. The molecular formula is C37H42N4O6S. The molecule has 0 radical (unpaired) electrons. The maximum Gasteiger partial charge on any atom is 0.338 e. The van der Waals surface area contributed by atoms with E-state index in [2.05, 4.69) is 40.5 Å². The molecule has 2 aliphatic heterocycles. The molecule has 2 heterocycles. The Hall–Kier alpha value is -4.61. The molecule has 0 aromatic heterocycles. The van der Waals surface area contributed by atoms with Gasteiger partial charge in [0.25, 0.3) is 5.91 Å². The molecule has 0 saturated carbocycles. The van der Waals surface area contributed by atoms with Crippen LogP contribution in [-0.2, 0) is 25.5 Å². The van der Waals surface area contributed by atoms with Crippen LogP contribution in [0, 0.1) is 5.92 Å². The maximum atomic E-state index is 13.9. The number of rotatable bonds is 13. The van der Waals surface area contributed by atoms with Gasteiger partial charge in [0.1, 0.15) is 6.04 Å². The van der Waals surface area contributed by atoms with Gasteiger partial charge in [-0.15, -0.1) is 0 Å². The summed E-state index contributed by atoms with van der Waals surface area (Å²) in [4.78, 5) is 56.9. The first-order valence-electron chi connectivity index (χ1n) is 16.4. The lowest BCUT2D eigenvalue weighted by molar-refractivity contribution is -0.124. The van der Waals surface area contributed by atoms with E-state index in [9.17, 15) is 19.2 Å². The zero-order valence-corrected chi connectivity index (χ0v) is 28.2. The van der Waals surface area contributed by atoms with E-state index in [1.165, 1.54) is 17.6 Å². The van der Waals surface area contributed by atoms with Gasteiger partial charge in [0, 0.05) is 12.2 Å². The second kappa shape index (κ2) is 16.5. The first-order valence-corrected chi connectivity index (χ1v) is 16.8. The van der Waals surface area contributed by atoms with E-state index < -0.39 is 18.0 Å². The minimum absolute atomic E-state index is 0.111. The Bertz CT molecular complexity index is 1590. The van der Waals surface area contributed by atoms with Gasteiger partial charge in [0.2, 0.25) is 5.91 Å². The zero-order chi connectivity index (χ0) is 34.0. The lowest BCUT2D eigenvalue weighted by Crippen LogP contribution is -2.40. The highest BCUT2D eigenvalue weighted by Crippen LogP contribution is 2.29. The number of thiocarbonyl (C=S) groups is 1. The summed E-state index contributed by atoms with van der Waals surface area (Å²) in [6.07, 6.45) is 4.07. The number of hydrogen-bond donors (Lipinski definition) is 1. The second-order valence-corrected chi connectivity index (χ2v) is 12.4. The van der Waals surface area contributed by atoms with Crippen molar-refractivity contribution in [1.29, 1.82) is 0 Å². The number of amides is 2. The van der Waals surface area contributed by atoms with Crippen LogP contribution >= 0.6 is 12.2 Å². The fraction of sp³-hybridized carbons (Fsp3) is 0.378. The minimum Gasteiger partial charge on any atom is -0.465 e. The number of nitrogens with zero attached hydrogens (tertiary/aromatic N) is 3. The quantitative estimate of drug-likeness (QED) is 0.191. The number of anilines is 2. The highest BCUT2D eigenvalue weighted by atomic mass is 32.1. The van der Waals surface area contributed by atoms with Crippen LogP contribution in [0.5, 0.6) is 0 Å². The standard InChI is InChI=1S/C37H42N4O6S/c1-3-47-36(45)29-12-16-31(17-13-29)41-34(43)32(25-33(42)38-30-14-10-28(11-15-30)35(44)46-2)40(37(41)48)21-7-20-39-22-18-27(19-23-39)24-26-8-5-4-6-9-26/h4-6,8-17,27,32H,3,7,18-25H2,1-2H3,(H,38,42). The fourth-order valence-electron chi connectivity index (χ4n) is 6.31. The molecule has 10 nitrogen and oxygen atoms in total. The van der Waals surface area contributed by atoms with Gasteiger partial charge in [0.05, 0.1) is 37.0 Å². The average molecular weight is 671 g/mol. The van der Waals surface area contributed by atoms with E-state index in [4.69, 9.17) is 21.7 Å². The maximum absolute atomic E-state index is 13.9. The normalized spacial score (nSPS) is 17.0. The lowest BCUT2D eigenvalue weighted by Gasteiger charge is -2.33. The van der Waals surface area contributed by atoms with Gasteiger partial charge in [-0.25, -0.2) is 9.59 Å². The number of likely N-dealkylation sites (tertiary alicyclic amines) is 1. The molecule has 48 heavy (non-hydrogen) atoms. The molecule has 2 fully saturated rings. The molecule has 0 bridgehead atoms. The lowest BCUT2D eigenvalue weighted by atomic mass is 9.90. The van der Waals surface area contributed by atoms with Crippen molar-refractivity contribution in [3.8, 4) is 0 Å². The summed E-state index contributed by atoms with van der Waals surface area (Å²) in [5, 5.41) is 3.16. The topological polar surface area (TPSA) is 108 Å². The average Bonchev–Trinajstić information content (AvgIpc) is 3.33. The number of hydrogen-bond acceptors (Lipinski definition) is 8. The zero-order valence-electron chi connectivity index (χ0n) is 27.4. The molecule has 3 aromatic rings. The summed E-state index contributed by atoms with van der Waals surface area (Å²) in [6, 6.07) is 22.7. The summed E-state index contributed by atoms with van der Waals surface area (Å²) < 4.78 is 9.83. The number of ether oxygens (including phenoxy) is 2. The molecule has 1 unspecified atom stereocenters. The van der Waals surface area contributed by atoms with Crippen molar-refractivity contribution >= 4 is 52.5 Å². The Morgan fingerprint density at radius 2 is 1.52 bits per heavy atom. The van der Waals surface area contributed by atoms with Crippen molar-refractivity contribution in [1.82, 2.24) is 9.80 Å². The van der Waals surface area contributed by atoms with E-state index >= 15 is 0 Å². The predicted octanol–water partition coefficient (Wildman–Crippen LogP) is 5.33. The van der Waals surface area contributed by atoms with Gasteiger partial charge in [-0.3, -0.25) is 14.5 Å². The van der Waals surface area contributed by atoms with E-state index in [0.717, 1.165) is 45.3 Å². The van der Waals surface area contributed by atoms with Crippen molar-refractivity contribution in [2.24, 2.45) is 5.92 Å². The Labute approximate surface area is 287 Å². The van der Waals surface area contributed by atoms with Gasteiger partial charge in [-0.2, -0.15) is 0 Å². The van der Waals surface area contributed by atoms with Crippen molar-refractivity contribution in [2.75, 3.05) is 50.1 Å². The summed E-state index contributed by atoms with van der Waals surface area (Å²) >= 11 is 5.85. The fourth-order valence-corrected chi connectivity index (χ4v) is 6.72. The van der Waals surface area contributed by atoms with Crippen LogP contribution in [0.25, 0.3) is 0 Å². The number of nitrogens with one attached hydrogen (secondary N) is 1. The van der Waals surface area contributed by atoms with Crippen molar-refractivity contribution in [3.63, 3.8) is 0 Å². The van der Waals surface area contributed by atoms with Gasteiger partial charge in [-0.1, -0.05) is 30.3 Å². The van der Waals surface area contributed by atoms with Crippen LogP contribution in [0.3, 0.4) is 0 Å². The molecule has 0 aliphatic carbocycles. The highest BCUT2D eigenvalue weighted by molar-refractivity contribution is 7.80. The molecule has 252 valence electrons. The van der Waals surface area contributed by atoms with E-state index in [-0.39, 0.29) is 24.8 Å². The second-order valence-electron chi connectivity index (χ2n) is 12.1. The third kappa shape index (κ3) is 8.64. The largest absolute Gasteiger partial charge is 0.465 e. The summed E-state index contributed by atoms with van der Waals surface area (Å²) in [5.74, 6) is -0.899. The molecule has 11 heteroatoms. The SMILES string of the molecule is CCOC(=O)c1ccc(N2C(=O)C(CC(=O)Nc3ccc(C(=O)OC)cc3)N(CCCN3CCC(Cc4ccccc4)CC3)C2=S)cc1. The molecule has 1 N–H and O–H groups in total. The summed E-state index contributed by atoms with van der Waals surface area (Å²) in [6.45, 7) is 5.43. The molecule has 1 atom stereocenters. The van der Waals surface area contributed by atoms with Gasteiger partial charge in [-0.05, 0) is 124 Å². The third-order valence-electron chi connectivity index (χ3n) is 8.87.